The number of aromatic nitrogens is 2. The lowest BCUT2D eigenvalue weighted by molar-refractivity contribution is 0.705. The van der Waals surface area contributed by atoms with Gasteiger partial charge in [-0.25, -0.2) is 0 Å². The van der Waals surface area contributed by atoms with Crippen molar-refractivity contribution in [3.63, 3.8) is 0 Å². The summed E-state index contributed by atoms with van der Waals surface area (Å²) in [6.07, 6.45) is 1.98. The third-order valence-electron chi connectivity index (χ3n) is 3.76. The maximum absolute atomic E-state index is 4.69. The molecule has 2 aromatic rings. The zero-order valence-corrected chi connectivity index (χ0v) is 13.0. The second kappa shape index (κ2) is 6.71. The molecule has 1 aromatic carbocycles. The van der Waals surface area contributed by atoms with Crippen LogP contribution in [0.3, 0.4) is 0 Å². The Morgan fingerprint density at radius 2 is 1.85 bits per heavy atom. The van der Waals surface area contributed by atoms with Gasteiger partial charge in [0.15, 0.2) is 0 Å². The van der Waals surface area contributed by atoms with Gasteiger partial charge in [0.05, 0.1) is 5.69 Å². The van der Waals surface area contributed by atoms with Gasteiger partial charge in [0.1, 0.15) is 0 Å². The summed E-state index contributed by atoms with van der Waals surface area (Å²) in [5, 5.41) is 8.12. The van der Waals surface area contributed by atoms with Crippen LogP contribution >= 0.6 is 0 Å². The molecule has 0 fully saturated rings. The Kier molecular flexibility index (Phi) is 4.96. The van der Waals surface area contributed by atoms with E-state index in [-0.39, 0.29) is 0 Å². The van der Waals surface area contributed by atoms with Crippen molar-refractivity contribution < 1.29 is 0 Å². The van der Waals surface area contributed by atoms with Crippen molar-refractivity contribution in [1.29, 1.82) is 0 Å². The summed E-state index contributed by atoms with van der Waals surface area (Å²) in [4.78, 5) is 0. The van der Waals surface area contributed by atoms with Crippen LogP contribution in [0.25, 0.3) is 11.1 Å². The van der Waals surface area contributed by atoms with Crippen LogP contribution in [-0.2, 0) is 26.4 Å². The third kappa shape index (κ3) is 2.78. The molecule has 0 saturated carbocycles. The number of nitrogens with zero attached hydrogens (tertiary/aromatic N) is 2. The van der Waals surface area contributed by atoms with Gasteiger partial charge in [-0.15, -0.1) is 0 Å². The first-order chi connectivity index (χ1) is 9.72. The minimum Gasteiger partial charge on any atom is -0.313 e. The van der Waals surface area contributed by atoms with E-state index < -0.39 is 0 Å². The fourth-order valence-electron chi connectivity index (χ4n) is 2.76. The van der Waals surface area contributed by atoms with Gasteiger partial charge in [0, 0.05) is 24.8 Å². The van der Waals surface area contributed by atoms with E-state index in [1.807, 2.05) is 11.7 Å². The van der Waals surface area contributed by atoms with Crippen molar-refractivity contribution >= 4 is 0 Å². The quantitative estimate of drug-likeness (QED) is 0.873. The Hall–Kier alpha value is -1.61. The predicted octanol–water partition coefficient (Wildman–Crippen LogP) is 3.32. The van der Waals surface area contributed by atoms with Crippen LogP contribution in [-0.4, -0.2) is 16.3 Å². The number of hydrogen-bond donors (Lipinski definition) is 1. The highest BCUT2D eigenvalue weighted by Crippen LogP contribution is 2.31. The fraction of sp³-hybridized carbons (Fsp3) is 0.471. The molecule has 2 rings (SSSR count). The minimum absolute atomic E-state index is 0.911. The van der Waals surface area contributed by atoms with E-state index in [4.69, 9.17) is 5.10 Å². The molecule has 1 aromatic heterocycles. The first-order valence-electron chi connectivity index (χ1n) is 7.56. The van der Waals surface area contributed by atoms with E-state index in [0.29, 0.717) is 0 Å². The Morgan fingerprint density at radius 3 is 2.50 bits per heavy atom. The highest BCUT2D eigenvalue weighted by molar-refractivity contribution is 5.72. The van der Waals surface area contributed by atoms with Gasteiger partial charge < -0.3 is 5.32 Å². The normalized spacial score (nSPS) is 11.0. The van der Waals surface area contributed by atoms with Gasteiger partial charge in [-0.1, -0.05) is 45.0 Å². The average molecular weight is 271 g/mol. The van der Waals surface area contributed by atoms with E-state index >= 15 is 0 Å². The fourth-order valence-corrected chi connectivity index (χ4v) is 2.76. The van der Waals surface area contributed by atoms with Crippen molar-refractivity contribution in [2.24, 2.45) is 7.05 Å². The Morgan fingerprint density at radius 1 is 1.10 bits per heavy atom. The highest BCUT2D eigenvalue weighted by atomic mass is 15.3. The average Bonchev–Trinajstić information content (AvgIpc) is 2.81. The molecule has 3 nitrogen and oxygen atoms in total. The first-order valence-corrected chi connectivity index (χ1v) is 7.56. The largest absolute Gasteiger partial charge is 0.313 e. The SMILES string of the molecule is CCNCc1ccccc1-c1c(CC)nn(C)c1CC. The van der Waals surface area contributed by atoms with Crippen LogP contribution in [0.15, 0.2) is 24.3 Å². The summed E-state index contributed by atoms with van der Waals surface area (Å²) in [5.41, 5.74) is 6.55. The molecular weight excluding hydrogens is 246 g/mol. The molecule has 0 atom stereocenters. The molecule has 0 aliphatic carbocycles. The minimum atomic E-state index is 0.911. The Bertz CT molecular complexity index is 570. The summed E-state index contributed by atoms with van der Waals surface area (Å²) in [6.45, 7) is 8.42. The van der Waals surface area contributed by atoms with Gasteiger partial charge in [0.2, 0.25) is 0 Å². The van der Waals surface area contributed by atoms with Gasteiger partial charge in [-0.2, -0.15) is 5.10 Å². The molecule has 0 saturated heterocycles. The summed E-state index contributed by atoms with van der Waals surface area (Å²) in [5.74, 6) is 0. The standard InChI is InChI=1S/C17H25N3/c1-5-15-17(16(6-2)20(4)19-15)14-11-9-8-10-13(14)12-18-7-3/h8-11,18H,5-7,12H2,1-4H3. The second-order valence-corrected chi connectivity index (χ2v) is 5.04. The van der Waals surface area contributed by atoms with E-state index in [0.717, 1.165) is 25.9 Å². The molecule has 0 radical (unpaired) electrons. The van der Waals surface area contributed by atoms with Crippen molar-refractivity contribution in [2.45, 2.75) is 40.2 Å². The van der Waals surface area contributed by atoms with Crippen LogP contribution < -0.4 is 5.32 Å². The maximum atomic E-state index is 4.69. The molecule has 1 N–H and O–H groups in total. The topological polar surface area (TPSA) is 29.9 Å². The molecule has 3 heteroatoms. The number of aryl methyl sites for hydroxylation is 2. The van der Waals surface area contributed by atoms with Crippen LogP contribution in [0.1, 0.15) is 37.7 Å². The van der Waals surface area contributed by atoms with Gasteiger partial charge >= 0.3 is 0 Å². The molecular formula is C17H25N3. The lowest BCUT2D eigenvalue weighted by atomic mass is 9.95. The van der Waals surface area contributed by atoms with Crippen molar-refractivity contribution in [1.82, 2.24) is 15.1 Å². The molecule has 0 aliphatic rings. The Labute approximate surface area is 122 Å². The summed E-state index contributed by atoms with van der Waals surface area (Å²) >= 11 is 0. The monoisotopic (exact) mass is 271 g/mol. The van der Waals surface area contributed by atoms with Crippen molar-refractivity contribution in [3.8, 4) is 11.1 Å². The van der Waals surface area contributed by atoms with Crippen LogP contribution in [0.4, 0.5) is 0 Å². The van der Waals surface area contributed by atoms with Crippen LogP contribution in [0.2, 0.25) is 0 Å². The molecule has 0 bridgehead atoms. The van der Waals surface area contributed by atoms with Crippen LogP contribution in [0.5, 0.6) is 0 Å². The number of hydrogen-bond acceptors (Lipinski definition) is 2. The predicted molar refractivity (Wildman–Crippen MR) is 84.8 cm³/mol. The summed E-state index contributed by atoms with van der Waals surface area (Å²) in [6, 6.07) is 8.67. The zero-order chi connectivity index (χ0) is 14.5. The Balaban J connectivity index is 2.55. The number of rotatable bonds is 6. The summed E-state index contributed by atoms with van der Waals surface area (Å²) in [7, 11) is 2.05. The maximum Gasteiger partial charge on any atom is 0.0703 e. The molecule has 1 heterocycles. The zero-order valence-electron chi connectivity index (χ0n) is 13.0. The lowest BCUT2D eigenvalue weighted by Crippen LogP contribution is -2.12. The van der Waals surface area contributed by atoms with E-state index in [1.54, 1.807) is 0 Å². The molecule has 0 spiro atoms. The van der Waals surface area contributed by atoms with E-state index in [1.165, 1.54) is 28.1 Å². The van der Waals surface area contributed by atoms with Crippen molar-refractivity contribution in [3.05, 3.63) is 41.2 Å². The molecule has 20 heavy (non-hydrogen) atoms. The lowest BCUT2D eigenvalue weighted by Gasteiger charge is -2.12. The van der Waals surface area contributed by atoms with Crippen LogP contribution in [0, 0.1) is 0 Å². The van der Waals surface area contributed by atoms with Gasteiger partial charge in [-0.05, 0) is 30.5 Å². The van der Waals surface area contributed by atoms with E-state index in [2.05, 4.69) is 50.4 Å². The second-order valence-electron chi connectivity index (χ2n) is 5.04. The molecule has 0 amide bonds. The highest BCUT2D eigenvalue weighted by Gasteiger charge is 2.17. The van der Waals surface area contributed by atoms with Gasteiger partial charge in [-0.3, -0.25) is 4.68 Å². The molecule has 0 aliphatic heterocycles. The van der Waals surface area contributed by atoms with Crippen molar-refractivity contribution in [2.75, 3.05) is 6.54 Å². The van der Waals surface area contributed by atoms with Gasteiger partial charge in [0.25, 0.3) is 0 Å². The molecule has 0 unspecified atom stereocenters. The summed E-state index contributed by atoms with van der Waals surface area (Å²) < 4.78 is 2.04. The smallest absolute Gasteiger partial charge is 0.0703 e. The van der Waals surface area contributed by atoms with E-state index in [9.17, 15) is 0 Å². The first kappa shape index (κ1) is 14.8. The third-order valence-corrected chi connectivity index (χ3v) is 3.76. The number of benzene rings is 1. The molecule has 108 valence electrons. The number of nitrogens with one attached hydrogen (secondary N) is 1.